The van der Waals surface area contributed by atoms with Gasteiger partial charge >= 0.3 is 0 Å². The van der Waals surface area contributed by atoms with Crippen LogP contribution >= 0.6 is 22.9 Å². The molecule has 0 aliphatic rings. The van der Waals surface area contributed by atoms with Crippen molar-refractivity contribution in [3.63, 3.8) is 0 Å². The number of hydrogen-bond donors (Lipinski definition) is 1. The van der Waals surface area contributed by atoms with E-state index in [0.29, 0.717) is 0 Å². The van der Waals surface area contributed by atoms with Gasteiger partial charge in [0.05, 0.1) is 4.34 Å². The minimum Gasteiger partial charge on any atom is -0.396 e. The average Bonchev–Trinajstić information content (AvgIpc) is 2.76. The van der Waals surface area contributed by atoms with Crippen LogP contribution in [0, 0.1) is 12.8 Å². The Bertz CT molecular complexity index is 507. The zero-order valence-corrected chi connectivity index (χ0v) is 12.0. The number of benzene rings is 1. The molecule has 2 rings (SSSR count). The second kappa shape index (κ2) is 6.37. The third-order valence-corrected chi connectivity index (χ3v) is 4.40. The smallest absolute Gasteiger partial charge is 0.0931 e. The van der Waals surface area contributed by atoms with Crippen LogP contribution in [0.4, 0.5) is 0 Å². The van der Waals surface area contributed by atoms with Gasteiger partial charge in [0.1, 0.15) is 0 Å². The molecular weight excluding hydrogens is 264 g/mol. The second-order valence-electron chi connectivity index (χ2n) is 4.59. The topological polar surface area (TPSA) is 20.2 Å². The lowest BCUT2D eigenvalue weighted by atomic mass is 9.94. The van der Waals surface area contributed by atoms with E-state index in [9.17, 15) is 5.11 Å². The number of aryl methyl sites for hydroxylation is 1. The first kappa shape index (κ1) is 13.6. The van der Waals surface area contributed by atoms with Gasteiger partial charge in [0, 0.05) is 11.5 Å². The molecule has 0 spiro atoms. The van der Waals surface area contributed by atoms with E-state index in [-0.39, 0.29) is 12.5 Å². The van der Waals surface area contributed by atoms with Crippen molar-refractivity contribution >= 4 is 22.9 Å². The van der Waals surface area contributed by atoms with Crippen molar-refractivity contribution in [3.8, 4) is 0 Å². The number of aliphatic hydroxyl groups is 1. The standard InChI is InChI=1S/C15H17ClOS/c1-11-4-2-3-5-13(11)8-12(10-17)9-14-6-7-15(16)18-14/h2-7,12,17H,8-10H2,1H3. The zero-order valence-electron chi connectivity index (χ0n) is 10.4. The molecule has 0 bridgehead atoms. The quantitative estimate of drug-likeness (QED) is 0.874. The molecule has 0 saturated heterocycles. The molecule has 1 heterocycles. The number of rotatable bonds is 5. The summed E-state index contributed by atoms with van der Waals surface area (Å²) in [6.07, 6.45) is 1.81. The lowest BCUT2D eigenvalue weighted by molar-refractivity contribution is 0.225. The van der Waals surface area contributed by atoms with E-state index in [1.165, 1.54) is 16.0 Å². The lowest BCUT2D eigenvalue weighted by Gasteiger charge is -2.14. The molecule has 2 aromatic rings. The highest BCUT2D eigenvalue weighted by molar-refractivity contribution is 7.16. The predicted molar refractivity (Wildman–Crippen MR) is 78.5 cm³/mol. The minimum atomic E-state index is 0.212. The van der Waals surface area contributed by atoms with Crippen LogP contribution in [-0.2, 0) is 12.8 Å². The van der Waals surface area contributed by atoms with Gasteiger partial charge in [-0.25, -0.2) is 0 Å². The summed E-state index contributed by atoms with van der Waals surface area (Å²) >= 11 is 7.53. The fourth-order valence-corrected chi connectivity index (χ4v) is 3.30. The highest BCUT2D eigenvalue weighted by atomic mass is 35.5. The van der Waals surface area contributed by atoms with Gasteiger partial charge in [0.25, 0.3) is 0 Å². The fourth-order valence-electron chi connectivity index (χ4n) is 2.10. The molecule has 1 unspecified atom stereocenters. The zero-order chi connectivity index (χ0) is 13.0. The molecule has 0 radical (unpaired) electrons. The van der Waals surface area contributed by atoms with Crippen molar-refractivity contribution in [1.29, 1.82) is 0 Å². The average molecular weight is 281 g/mol. The lowest BCUT2D eigenvalue weighted by Crippen LogP contribution is -2.13. The molecule has 1 N–H and O–H groups in total. The first-order chi connectivity index (χ1) is 8.69. The molecule has 1 aromatic heterocycles. The summed E-state index contributed by atoms with van der Waals surface area (Å²) in [4.78, 5) is 1.24. The van der Waals surface area contributed by atoms with Crippen molar-refractivity contribution in [2.24, 2.45) is 5.92 Å². The van der Waals surface area contributed by atoms with Gasteiger partial charge in [0.2, 0.25) is 0 Å². The summed E-state index contributed by atoms with van der Waals surface area (Å²) in [5.41, 5.74) is 2.61. The number of halogens is 1. The van der Waals surface area contributed by atoms with Gasteiger partial charge < -0.3 is 5.11 Å². The first-order valence-corrected chi connectivity index (χ1v) is 7.28. The van der Waals surface area contributed by atoms with Gasteiger partial charge in [-0.2, -0.15) is 0 Å². The number of aliphatic hydroxyl groups excluding tert-OH is 1. The molecule has 0 aliphatic heterocycles. The van der Waals surface area contributed by atoms with E-state index in [1.54, 1.807) is 11.3 Å². The molecular formula is C15H17ClOS. The molecule has 1 aromatic carbocycles. The maximum Gasteiger partial charge on any atom is 0.0931 e. The van der Waals surface area contributed by atoms with Crippen molar-refractivity contribution < 1.29 is 5.11 Å². The SMILES string of the molecule is Cc1ccccc1CC(CO)Cc1ccc(Cl)s1. The molecule has 18 heavy (non-hydrogen) atoms. The normalized spacial score (nSPS) is 12.6. The van der Waals surface area contributed by atoms with Crippen molar-refractivity contribution in [1.82, 2.24) is 0 Å². The Morgan fingerprint density at radius 1 is 1.17 bits per heavy atom. The Labute approximate surface area is 117 Å². The van der Waals surface area contributed by atoms with Crippen LogP contribution in [0.25, 0.3) is 0 Å². The second-order valence-corrected chi connectivity index (χ2v) is 6.39. The molecule has 1 nitrogen and oxygen atoms in total. The molecule has 3 heteroatoms. The van der Waals surface area contributed by atoms with Crippen molar-refractivity contribution in [3.05, 3.63) is 56.7 Å². The maximum atomic E-state index is 9.52. The summed E-state index contributed by atoms with van der Waals surface area (Å²) in [6.45, 7) is 2.33. The summed E-state index contributed by atoms with van der Waals surface area (Å²) in [7, 11) is 0. The predicted octanol–water partition coefficient (Wildman–Crippen LogP) is 4.10. The van der Waals surface area contributed by atoms with E-state index in [2.05, 4.69) is 25.1 Å². The van der Waals surface area contributed by atoms with Crippen LogP contribution in [0.3, 0.4) is 0 Å². The highest BCUT2D eigenvalue weighted by Crippen LogP contribution is 2.25. The van der Waals surface area contributed by atoms with Crippen molar-refractivity contribution in [2.75, 3.05) is 6.61 Å². The van der Waals surface area contributed by atoms with E-state index in [4.69, 9.17) is 11.6 Å². The Hall–Kier alpha value is -0.830. The van der Waals surface area contributed by atoms with Crippen LogP contribution in [0.15, 0.2) is 36.4 Å². The fraction of sp³-hybridized carbons (Fsp3) is 0.333. The van der Waals surface area contributed by atoms with E-state index in [1.807, 2.05) is 18.2 Å². The molecule has 0 aliphatic carbocycles. The monoisotopic (exact) mass is 280 g/mol. The summed E-state index contributed by atoms with van der Waals surface area (Å²) in [5, 5.41) is 9.52. The van der Waals surface area contributed by atoms with Crippen molar-refractivity contribution in [2.45, 2.75) is 19.8 Å². The minimum absolute atomic E-state index is 0.212. The van der Waals surface area contributed by atoms with Gasteiger partial charge in [-0.15, -0.1) is 11.3 Å². The van der Waals surface area contributed by atoms with E-state index >= 15 is 0 Å². The molecule has 0 fully saturated rings. The van der Waals surface area contributed by atoms with Crippen LogP contribution in [0.2, 0.25) is 4.34 Å². The van der Waals surface area contributed by atoms with Crippen LogP contribution < -0.4 is 0 Å². The van der Waals surface area contributed by atoms with E-state index < -0.39 is 0 Å². The Morgan fingerprint density at radius 2 is 1.94 bits per heavy atom. The summed E-state index contributed by atoms with van der Waals surface area (Å²) in [5.74, 6) is 0.265. The third kappa shape index (κ3) is 3.58. The van der Waals surface area contributed by atoms with Gasteiger partial charge in [-0.05, 0) is 48.9 Å². The first-order valence-electron chi connectivity index (χ1n) is 6.08. The van der Waals surface area contributed by atoms with Gasteiger partial charge in [-0.1, -0.05) is 35.9 Å². The largest absolute Gasteiger partial charge is 0.396 e. The molecule has 0 saturated carbocycles. The summed E-state index contributed by atoms with van der Waals surface area (Å²) < 4.78 is 0.817. The molecule has 0 amide bonds. The van der Waals surface area contributed by atoms with Crippen LogP contribution in [0.5, 0.6) is 0 Å². The number of thiophene rings is 1. The Morgan fingerprint density at radius 3 is 2.56 bits per heavy atom. The van der Waals surface area contributed by atoms with Gasteiger partial charge in [-0.3, -0.25) is 0 Å². The molecule has 96 valence electrons. The van der Waals surface area contributed by atoms with Gasteiger partial charge in [0.15, 0.2) is 0 Å². The maximum absolute atomic E-state index is 9.52. The third-order valence-electron chi connectivity index (χ3n) is 3.15. The van der Waals surface area contributed by atoms with Crippen LogP contribution in [0.1, 0.15) is 16.0 Å². The Kier molecular flexibility index (Phi) is 4.81. The highest BCUT2D eigenvalue weighted by Gasteiger charge is 2.12. The summed E-state index contributed by atoms with van der Waals surface area (Å²) in [6, 6.07) is 12.3. The number of hydrogen-bond acceptors (Lipinski definition) is 2. The van der Waals surface area contributed by atoms with Crippen LogP contribution in [-0.4, -0.2) is 11.7 Å². The van der Waals surface area contributed by atoms with E-state index in [0.717, 1.165) is 17.2 Å². The molecule has 1 atom stereocenters. The Balaban J connectivity index is 2.04.